The van der Waals surface area contributed by atoms with E-state index in [1.165, 1.54) is 12.8 Å². The lowest BCUT2D eigenvalue weighted by atomic mass is 9.92. The Morgan fingerprint density at radius 3 is 2.71 bits per heavy atom. The molecule has 2 aromatic heterocycles. The van der Waals surface area contributed by atoms with Crippen LogP contribution < -0.4 is 5.32 Å². The smallest absolute Gasteiger partial charge is 0.317 e. The van der Waals surface area contributed by atoms with Gasteiger partial charge in [0.2, 0.25) is 11.7 Å². The van der Waals surface area contributed by atoms with Gasteiger partial charge in [-0.15, -0.1) is 0 Å². The molecule has 1 saturated carbocycles. The van der Waals surface area contributed by atoms with Crippen LogP contribution >= 0.6 is 0 Å². The maximum absolute atomic E-state index is 12.2. The first-order chi connectivity index (χ1) is 11.5. The fraction of sp³-hybridized carbons (Fsp3) is 0.529. The normalized spacial score (nSPS) is 15.3. The van der Waals surface area contributed by atoms with E-state index in [-0.39, 0.29) is 18.0 Å². The molecule has 0 saturated heterocycles. The van der Waals surface area contributed by atoms with Crippen molar-refractivity contribution in [2.45, 2.75) is 33.2 Å². The van der Waals surface area contributed by atoms with Gasteiger partial charge in [0.1, 0.15) is 6.54 Å². The van der Waals surface area contributed by atoms with E-state index in [0.29, 0.717) is 17.6 Å². The highest BCUT2D eigenvalue weighted by atomic mass is 16.5. The molecular weight excluding hydrogens is 306 g/mol. The minimum atomic E-state index is -0.120. The number of urea groups is 1. The van der Waals surface area contributed by atoms with E-state index in [0.717, 1.165) is 12.1 Å². The molecule has 1 aliphatic carbocycles. The van der Waals surface area contributed by atoms with Crippen molar-refractivity contribution in [2.24, 2.45) is 11.3 Å². The highest BCUT2D eigenvalue weighted by molar-refractivity contribution is 5.73. The average molecular weight is 329 g/mol. The second kappa shape index (κ2) is 6.59. The molecule has 0 spiro atoms. The fourth-order valence-corrected chi connectivity index (χ4v) is 2.72. The maximum Gasteiger partial charge on any atom is 0.317 e. The first kappa shape index (κ1) is 16.4. The molecule has 3 rings (SSSR count). The van der Waals surface area contributed by atoms with Crippen LogP contribution in [0.2, 0.25) is 0 Å². The van der Waals surface area contributed by atoms with E-state index in [1.54, 1.807) is 24.3 Å². The minimum absolute atomic E-state index is 0.120. The number of carbonyl (C=O) groups is 1. The van der Waals surface area contributed by atoms with E-state index in [4.69, 9.17) is 4.52 Å². The van der Waals surface area contributed by atoms with Gasteiger partial charge in [-0.3, -0.25) is 4.98 Å². The lowest BCUT2D eigenvalue weighted by molar-refractivity contribution is 0.194. The quantitative estimate of drug-likeness (QED) is 0.881. The first-order valence-corrected chi connectivity index (χ1v) is 8.22. The van der Waals surface area contributed by atoms with Crippen LogP contribution in [-0.4, -0.2) is 39.6 Å². The van der Waals surface area contributed by atoms with Crippen LogP contribution in [0.3, 0.4) is 0 Å². The topological polar surface area (TPSA) is 84.2 Å². The number of nitrogens with zero attached hydrogens (tertiary/aromatic N) is 4. The summed E-state index contributed by atoms with van der Waals surface area (Å²) in [7, 11) is 1.72. The Morgan fingerprint density at radius 1 is 1.38 bits per heavy atom. The summed E-state index contributed by atoms with van der Waals surface area (Å²) in [6.45, 7) is 5.42. The lowest BCUT2D eigenvalue weighted by Crippen LogP contribution is -2.40. The Labute approximate surface area is 141 Å². The summed E-state index contributed by atoms with van der Waals surface area (Å²) in [4.78, 5) is 22.1. The number of aromatic nitrogens is 3. The van der Waals surface area contributed by atoms with Crippen LogP contribution in [0.25, 0.3) is 11.4 Å². The summed E-state index contributed by atoms with van der Waals surface area (Å²) in [6, 6.07) is 3.50. The highest BCUT2D eigenvalue weighted by Gasteiger charge is 2.45. The zero-order valence-corrected chi connectivity index (χ0v) is 14.3. The van der Waals surface area contributed by atoms with Crippen molar-refractivity contribution in [3.05, 3.63) is 30.4 Å². The largest absolute Gasteiger partial charge is 0.337 e. The molecule has 0 unspecified atom stereocenters. The molecule has 1 fully saturated rings. The Hall–Kier alpha value is -2.44. The summed E-state index contributed by atoms with van der Waals surface area (Å²) in [5.74, 6) is 1.49. The molecule has 0 aliphatic heterocycles. The number of hydrogen-bond acceptors (Lipinski definition) is 5. The molecule has 2 heterocycles. The van der Waals surface area contributed by atoms with Gasteiger partial charge in [0, 0.05) is 31.5 Å². The van der Waals surface area contributed by atoms with Gasteiger partial charge < -0.3 is 14.7 Å². The van der Waals surface area contributed by atoms with Gasteiger partial charge in [0.25, 0.3) is 0 Å². The van der Waals surface area contributed by atoms with Crippen molar-refractivity contribution in [1.29, 1.82) is 0 Å². The van der Waals surface area contributed by atoms with Gasteiger partial charge >= 0.3 is 6.03 Å². The average Bonchev–Trinajstić information content (AvgIpc) is 3.25. The van der Waals surface area contributed by atoms with E-state index >= 15 is 0 Å². The summed E-state index contributed by atoms with van der Waals surface area (Å²) in [5.41, 5.74) is 1.12. The molecule has 0 aromatic carbocycles. The second-order valence-electron chi connectivity index (χ2n) is 6.78. The SMILES string of the molecule is CC(C)C1(CNC(=O)N(C)Cc2nc(-c3ccncc3)no2)CC1. The Kier molecular flexibility index (Phi) is 4.51. The van der Waals surface area contributed by atoms with E-state index < -0.39 is 0 Å². The van der Waals surface area contributed by atoms with Gasteiger partial charge in [-0.05, 0) is 36.3 Å². The zero-order chi connectivity index (χ0) is 17.2. The fourth-order valence-electron chi connectivity index (χ4n) is 2.72. The van der Waals surface area contributed by atoms with Crippen LogP contribution in [-0.2, 0) is 6.54 Å². The van der Waals surface area contributed by atoms with Crippen molar-refractivity contribution in [1.82, 2.24) is 25.3 Å². The first-order valence-electron chi connectivity index (χ1n) is 8.22. The molecule has 24 heavy (non-hydrogen) atoms. The van der Waals surface area contributed by atoms with Gasteiger partial charge in [-0.25, -0.2) is 4.79 Å². The lowest BCUT2D eigenvalue weighted by Gasteiger charge is -2.22. The molecule has 128 valence electrons. The van der Waals surface area contributed by atoms with E-state index in [9.17, 15) is 4.79 Å². The van der Waals surface area contributed by atoms with E-state index in [1.807, 2.05) is 12.1 Å². The van der Waals surface area contributed by atoms with Crippen molar-refractivity contribution in [3.8, 4) is 11.4 Å². The molecule has 0 bridgehead atoms. The summed E-state index contributed by atoms with van der Waals surface area (Å²) < 4.78 is 5.23. The van der Waals surface area contributed by atoms with Crippen molar-refractivity contribution >= 4 is 6.03 Å². The Morgan fingerprint density at radius 2 is 2.08 bits per heavy atom. The van der Waals surface area contributed by atoms with Crippen molar-refractivity contribution < 1.29 is 9.32 Å². The number of hydrogen-bond donors (Lipinski definition) is 1. The highest BCUT2D eigenvalue weighted by Crippen LogP contribution is 2.51. The zero-order valence-electron chi connectivity index (χ0n) is 14.3. The van der Waals surface area contributed by atoms with Crippen LogP contribution in [0, 0.1) is 11.3 Å². The van der Waals surface area contributed by atoms with E-state index in [2.05, 4.69) is 34.3 Å². The van der Waals surface area contributed by atoms with Crippen molar-refractivity contribution in [2.75, 3.05) is 13.6 Å². The number of amides is 2. The molecule has 2 amide bonds. The van der Waals surface area contributed by atoms with Gasteiger partial charge in [0.15, 0.2) is 0 Å². The van der Waals surface area contributed by atoms with Crippen LogP contribution in [0.4, 0.5) is 4.79 Å². The maximum atomic E-state index is 12.2. The summed E-state index contributed by atoms with van der Waals surface area (Å²) in [5, 5.41) is 6.96. The molecule has 1 N–H and O–H groups in total. The summed E-state index contributed by atoms with van der Waals surface area (Å²) in [6.07, 6.45) is 5.72. The molecule has 7 nitrogen and oxygen atoms in total. The Balaban J connectivity index is 1.54. The predicted molar refractivity (Wildman–Crippen MR) is 88.9 cm³/mol. The van der Waals surface area contributed by atoms with Crippen LogP contribution in [0.1, 0.15) is 32.6 Å². The Bertz CT molecular complexity index is 694. The summed E-state index contributed by atoms with van der Waals surface area (Å²) >= 11 is 0. The van der Waals surface area contributed by atoms with Crippen LogP contribution in [0.5, 0.6) is 0 Å². The van der Waals surface area contributed by atoms with Crippen LogP contribution in [0.15, 0.2) is 29.0 Å². The predicted octanol–water partition coefficient (Wildman–Crippen LogP) is 2.71. The molecule has 0 atom stereocenters. The van der Waals surface area contributed by atoms with Crippen molar-refractivity contribution in [3.63, 3.8) is 0 Å². The van der Waals surface area contributed by atoms with Gasteiger partial charge in [-0.1, -0.05) is 19.0 Å². The number of carbonyl (C=O) groups excluding carboxylic acids is 1. The third-order valence-electron chi connectivity index (χ3n) is 4.83. The monoisotopic (exact) mass is 329 g/mol. The van der Waals surface area contributed by atoms with Gasteiger partial charge in [-0.2, -0.15) is 4.98 Å². The molecule has 1 aliphatic rings. The van der Waals surface area contributed by atoms with Gasteiger partial charge in [0.05, 0.1) is 0 Å². The third kappa shape index (κ3) is 3.55. The number of pyridine rings is 1. The number of rotatable bonds is 6. The molecule has 2 aromatic rings. The molecule has 0 radical (unpaired) electrons. The number of nitrogens with one attached hydrogen (secondary N) is 1. The molecule has 7 heteroatoms. The third-order valence-corrected chi connectivity index (χ3v) is 4.83. The molecular formula is C17H23N5O2. The minimum Gasteiger partial charge on any atom is -0.337 e. The second-order valence-corrected chi connectivity index (χ2v) is 6.78. The standard InChI is InChI=1S/C17H23N5O2/c1-12(2)17(6-7-17)11-19-16(23)22(3)10-14-20-15(21-24-14)13-4-8-18-9-5-13/h4-5,8-9,12H,6-7,10-11H2,1-3H3,(H,19,23).